The van der Waals surface area contributed by atoms with E-state index in [0.717, 1.165) is 0 Å². The van der Waals surface area contributed by atoms with Crippen LogP contribution >= 0.6 is 0 Å². The van der Waals surface area contributed by atoms with Crippen molar-refractivity contribution in [2.24, 2.45) is 0 Å². The number of nitrogens with zero attached hydrogens (tertiary/aromatic N) is 2. The standard InChI is InChI=1S/C29H18F7N3O2/c1-16-37-25-11-2-17(12-26(25)39(16)22-7-3-20(30)4-8-22)27(40)38-21-5-9-23(10-6-21)41-24-14-18(28(31,32)33)13-19(15-24)29(34,35)36/h2-15H,1H3,(H,38,40). The van der Waals surface area contributed by atoms with E-state index in [0.29, 0.717) is 40.4 Å². The Labute approximate surface area is 227 Å². The molecule has 210 valence electrons. The van der Waals surface area contributed by atoms with Crippen molar-refractivity contribution in [2.75, 3.05) is 5.32 Å². The molecule has 41 heavy (non-hydrogen) atoms. The minimum absolute atomic E-state index is 0.0107. The molecule has 0 saturated heterocycles. The summed E-state index contributed by atoms with van der Waals surface area (Å²) in [6.07, 6.45) is -10.0. The quantitative estimate of drug-likeness (QED) is 0.214. The number of halogens is 7. The Hall–Kier alpha value is -4.87. The summed E-state index contributed by atoms with van der Waals surface area (Å²) in [5.41, 5.74) is -0.533. The molecule has 0 atom stereocenters. The molecule has 0 fully saturated rings. The van der Waals surface area contributed by atoms with Crippen LogP contribution in [-0.2, 0) is 12.4 Å². The highest BCUT2D eigenvalue weighted by Gasteiger charge is 2.37. The van der Waals surface area contributed by atoms with Crippen LogP contribution < -0.4 is 10.1 Å². The van der Waals surface area contributed by atoms with Crippen molar-refractivity contribution < 1.29 is 40.3 Å². The maximum absolute atomic E-state index is 13.4. The van der Waals surface area contributed by atoms with E-state index in [1.165, 1.54) is 36.4 Å². The van der Waals surface area contributed by atoms with E-state index in [9.17, 15) is 35.5 Å². The summed E-state index contributed by atoms with van der Waals surface area (Å²) in [6, 6.07) is 17.0. The van der Waals surface area contributed by atoms with Crippen LogP contribution in [0.3, 0.4) is 0 Å². The highest BCUT2D eigenvalue weighted by atomic mass is 19.4. The number of rotatable bonds is 5. The molecule has 0 spiro atoms. The Balaban J connectivity index is 1.35. The minimum Gasteiger partial charge on any atom is -0.457 e. The summed E-state index contributed by atoms with van der Waals surface area (Å²) < 4.78 is 99.1. The van der Waals surface area contributed by atoms with Crippen molar-refractivity contribution in [1.82, 2.24) is 9.55 Å². The predicted octanol–water partition coefficient (Wildman–Crippen LogP) is 8.56. The van der Waals surface area contributed by atoms with E-state index < -0.39 is 41.0 Å². The summed E-state index contributed by atoms with van der Waals surface area (Å²) in [6.45, 7) is 1.77. The molecule has 0 bridgehead atoms. The number of hydrogen-bond donors (Lipinski definition) is 1. The summed E-state index contributed by atoms with van der Waals surface area (Å²) in [4.78, 5) is 17.4. The average Bonchev–Trinajstić information content (AvgIpc) is 3.24. The molecule has 0 aliphatic carbocycles. The molecule has 1 aromatic heterocycles. The van der Waals surface area contributed by atoms with Gasteiger partial charge in [-0.1, -0.05) is 0 Å². The molecule has 0 saturated carbocycles. The first-order valence-electron chi connectivity index (χ1n) is 11.9. The van der Waals surface area contributed by atoms with E-state index in [2.05, 4.69) is 10.3 Å². The van der Waals surface area contributed by atoms with Gasteiger partial charge in [-0.2, -0.15) is 26.3 Å². The third kappa shape index (κ3) is 6.01. The van der Waals surface area contributed by atoms with Crippen LogP contribution in [0.5, 0.6) is 11.5 Å². The number of imidazole rings is 1. The maximum atomic E-state index is 13.4. The van der Waals surface area contributed by atoms with Crippen LogP contribution in [0, 0.1) is 12.7 Å². The van der Waals surface area contributed by atoms with Crippen LogP contribution in [0.1, 0.15) is 27.3 Å². The van der Waals surface area contributed by atoms with Crippen molar-refractivity contribution in [3.05, 3.63) is 113 Å². The molecular formula is C29H18F7N3O2. The van der Waals surface area contributed by atoms with Crippen molar-refractivity contribution in [3.63, 3.8) is 0 Å². The lowest BCUT2D eigenvalue weighted by Crippen LogP contribution is -2.12. The Morgan fingerprint density at radius 2 is 1.39 bits per heavy atom. The first kappa shape index (κ1) is 27.7. The average molecular weight is 573 g/mol. The Morgan fingerprint density at radius 1 is 0.780 bits per heavy atom. The van der Waals surface area contributed by atoms with Gasteiger partial charge in [-0.25, -0.2) is 9.37 Å². The van der Waals surface area contributed by atoms with Gasteiger partial charge in [-0.3, -0.25) is 9.36 Å². The number of anilines is 1. The molecule has 12 heteroatoms. The molecular weight excluding hydrogens is 555 g/mol. The van der Waals surface area contributed by atoms with Gasteiger partial charge in [0.05, 0.1) is 22.2 Å². The Morgan fingerprint density at radius 3 is 1.98 bits per heavy atom. The van der Waals surface area contributed by atoms with Crippen LogP contribution in [0.25, 0.3) is 16.7 Å². The highest BCUT2D eigenvalue weighted by Crippen LogP contribution is 2.39. The second-order valence-corrected chi connectivity index (χ2v) is 9.00. The molecule has 1 N–H and O–H groups in total. The highest BCUT2D eigenvalue weighted by molar-refractivity contribution is 6.06. The number of carbonyl (C=O) groups excluding carboxylic acids is 1. The summed E-state index contributed by atoms with van der Waals surface area (Å²) >= 11 is 0. The second kappa shape index (κ2) is 10.3. The second-order valence-electron chi connectivity index (χ2n) is 9.00. The van der Waals surface area contributed by atoms with Gasteiger partial charge in [0.15, 0.2) is 0 Å². The zero-order chi connectivity index (χ0) is 29.5. The van der Waals surface area contributed by atoms with E-state index in [1.54, 1.807) is 41.8 Å². The lowest BCUT2D eigenvalue weighted by atomic mass is 10.1. The van der Waals surface area contributed by atoms with Gasteiger partial charge >= 0.3 is 12.4 Å². The van der Waals surface area contributed by atoms with Gasteiger partial charge < -0.3 is 10.1 Å². The third-order valence-electron chi connectivity index (χ3n) is 6.08. The zero-order valence-electron chi connectivity index (χ0n) is 20.9. The fourth-order valence-corrected chi connectivity index (χ4v) is 4.18. The van der Waals surface area contributed by atoms with Crippen LogP contribution in [0.15, 0.2) is 84.9 Å². The molecule has 5 nitrogen and oxygen atoms in total. The normalized spacial score (nSPS) is 12.0. The largest absolute Gasteiger partial charge is 0.457 e. The van der Waals surface area contributed by atoms with E-state index >= 15 is 0 Å². The molecule has 1 amide bonds. The zero-order valence-corrected chi connectivity index (χ0v) is 20.9. The maximum Gasteiger partial charge on any atom is 0.416 e. The smallest absolute Gasteiger partial charge is 0.416 e. The summed E-state index contributed by atoms with van der Waals surface area (Å²) in [5, 5.41) is 2.67. The molecule has 1 heterocycles. The van der Waals surface area contributed by atoms with Crippen LogP contribution in [0.2, 0.25) is 0 Å². The topological polar surface area (TPSA) is 56.1 Å². The summed E-state index contributed by atoms with van der Waals surface area (Å²) in [7, 11) is 0. The molecule has 5 rings (SSSR count). The molecule has 4 aromatic carbocycles. The van der Waals surface area contributed by atoms with E-state index in [4.69, 9.17) is 4.74 Å². The van der Waals surface area contributed by atoms with Gasteiger partial charge in [-0.15, -0.1) is 0 Å². The number of alkyl halides is 6. The van der Waals surface area contributed by atoms with Crippen LogP contribution in [0.4, 0.5) is 36.4 Å². The monoisotopic (exact) mass is 573 g/mol. The third-order valence-corrected chi connectivity index (χ3v) is 6.08. The number of hydrogen-bond acceptors (Lipinski definition) is 3. The molecule has 0 radical (unpaired) electrons. The number of benzene rings is 4. The van der Waals surface area contributed by atoms with E-state index in [-0.39, 0.29) is 17.4 Å². The summed E-state index contributed by atoms with van der Waals surface area (Å²) in [5.74, 6) is -0.949. The molecule has 0 aliphatic heterocycles. The predicted molar refractivity (Wildman–Crippen MR) is 137 cm³/mol. The number of aryl methyl sites for hydroxylation is 1. The van der Waals surface area contributed by atoms with Crippen molar-refractivity contribution >= 4 is 22.6 Å². The van der Waals surface area contributed by atoms with Gasteiger partial charge in [0.25, 0.3) is 5.91 Å². The SMILES string of the molecule is Cc1nc2ccc(C(=O)Nc3ccc(Oc4cc(C(F)(F)F)cc(C(F)(F)F)c4)cc3)cc2n1-c1ccc(F)cc1. The number of amides is 1. The van der Waals surface area contributed by atoms with Gasteiger partial charge in [0.2, 0.25) is 0 Å². The van der Waals surface area contributed by atoms with E-state index in [1.807, 2.05) is 0 Å². The first-order chi connectivity index (χ1) is 19.3. The number of fused-ring (bicyclic) bond motifs is 1. The number of nitrogens with one attached hydrogen (secondary N) is 1. The Bertz CT molecular complexity index is 1710. The molecule has 0 aliphatic rings. The lowest BCUT2D eigenvalue weighted by Gasteiger charge is -2.15. The number of ether oxygens (including phenoxy) is 1. The molecule has 5 aromatic rings. The van der Waals surface area contributed by atoms with Crippen molar-refractivity contribution in [2.45, 2.75) is 19.3 Å². The minimum atomic E-state index is -5.01. The van der Waals surface area contributed by atoms with Crippen LogP contribution in [-0.4, -0.2) is 15.5 Å². The fraction of sp³-hybridized carbons (Fsp3) is 0.103. The van der Waals surface area contributed by atoms with Gasteiger partial charge in [-0.05, 0) is 91.9 Å². The molecule has 0 unspecified atom stereocenters. The lowest BCUT2D eigenvalue weighted by molar-refractivity contribution is -0.143. The number of aromatic nitrogens is 2. The Kier molecular flexibility index (Phi) is 6.93. The fourth-order valence-electron chi connectivity index (χ4n) is 4.18. The van der Waals surface area contributed by atoms with Crippen molar-refractivity contribution in [1.29, 1.82) is 0 Å². The van der Waals surface area contributed by atoms with Crippen molar-refractivity contribution in [3.8, 4) is 17.2 Å². The first-order valence-corrected chi connectivity index (χ1v) is 11.9. The number of carbonyl (C=O) groups is 1. The van der Waals surface area contributed by atoms with Gasteiger partial charge in [0, 0.05) is 16.9 Å². The van der Waals surface area contributed by atoms with Gasteiger partial charge in [0.1, 0.15) is 23.1 Å².